The van der Waals surface area contributed by atoms with E-state index in [0.717, 1.165) is 0 Å². The van der Waals surface area contributed by atoms with E-state index in [0.29, 0.717) is 0 Å². The minimum Gasteiger partial charge on any atom is -0.481 e. The first-order valence-corrected chi connectivity index (χ1v) is 4.50. The molecular weight excluding hydrogens is 239 g/mol. The van der Waals surface area contributed by atoms with E-state index in [1.807, 2.05) is 0 Å². The molecule has 13 heavy (non-hydrogen) atoms. The van der Waals surface area contributed by atoms with E-state index in [1.165, 1.54) is 19.1 Å². The molecule has 0 saturated heterocycles. The van der Waals surface area contributed by atoms with Crippen LogP contribution in [0.3, 0.4) is 0 Å². The lowest BCUT2D eigenvalue weighted by atomic mass is 10.0. The number of hydrogen-bond donors (Lipinski definition) is 1. The van der Waals surface area contributed by atoms with Gasteiger partial charge in [0.15, 0.2) is 0 Å². The SMILES string of the molecule is CC(C(=O)O)c1cccc(Br)c1F. The summed E-state index contributed by atoms with van der Waals surface area (Å²) < 4.78 is 13.6. The largest absolute Gasteiger partial charge is 0.481 e. The van der Waals surface area contributed by atoms with Crippen molar-refractivity contribution in [3.63, 3.8) is 0 Å². The standard InChI is InChI=1S/C9H8BrFO2/c1-5(9(12)13)6-3-2-4-7(10)8(6)11/h2-5H,1H3,(H,12,13). The van der Waals surface area contributed by atoms with Crippen LogP contribution in [0, 0.1) is 5.82 Å². The normalized spacial score (nSPS) is 12.5. The maximum atomic E-state index is 13.3. The minimum absolute atomic E-state index is 0.196. The summed E-state index contributed by atoms with van der Waals surface area (Å²) in [7, 11) is 0. The topological polar surface area (TPSA) is 37.3 Å². The minimum atomic E-state index is -1.03. The van der Waals surface area contributed by atoms with E-state index in [1.54, 1.807) is 6.07 Å². The smallest absolute Gasteiger partial charge is 0.310 e. The Hall–Kier alpha value is -0.900. The first-order chi connectivity index (χ1) is 6.04. The van der Waals surface area contributed by atoms with Crippen molar-refractivity contribution in [1.82, 2.24) is 0 Å². The Morgan fingerprint density at radius 2 is 2.23 bits per heavy atom. The zero-order chi connectivity index (χ0) is 10.0. The van der Waals surface area contributed by atoms with E-state index in [2.05, 4.69) is 15.9 Å². The van der Waals surface area contributed by atoms with Gasteiger partial charge in [0.05, 0.1) is 10.4 Å². The second kappa shape index (κ2) is 3.87. The second-order valence-electron chi connectivity index (χ2n) is 2.70. The van der Waals surface area contributed by atoms with Crippen molar-refractivity contribution in [1.29, 1.82) is 0 Å². The molecule has 0 amide bonds. The van der Waals surface area contributed by atoms with E-state index in [9.17, 15) is 9.18 Å². The van der Waals surface area contributed by atoms with Gasteiger partial charge in [-0.15, -0.1) is 0 Å². The molecule has 0 aromatic heterocycles. The Morgan fingerprint density at radius 1 is 1.62 bits per heavy atom. The van der Waals surface area contributed by atoms with Crippen molar-refractivity contribution in [2.45, 2.75) is 12.8 Å². The lowest BCUT2D eigenvalue weighted by molar-refractivity contribution is -0.138. The summed E-state index contributed by atoms with van der Waals surface area (Å²) in [5.41, 5.74) is 0.196. The van der Waals surface area contributed by atoms with Crippen LogP contribution in [0.15, 0.2) is 22.7 Å². The Labute approximate surface area is 83.5 Å². The van der Waals surface area contributed by atoms with E-state index in [-0.39, 0.29) is 10.0 Å². The summed E-state index contributed by atoms with van der Waals surface area (Å²) in [5, 5.41) is 8.67. The molecule has 0 heterocycles. The molecule has 0 spiro atoms. The third-order valence-electron chi connectivity index (χ3n) is 1.82. The number of carbonyl (C=O) groups is 1. The zero-order valence-electron chi connectivity index (χ0n) is 6.92. The Balaban J connectivity index is 3.15. The molecule has 1 N–H and O–H groups in total. The average Bonchev–Trinajstić information content (AvgIpc) is 2.08. The van der Waals surface area contributed by atoms with Gasteiger partial charge in [-0.25, -0.2) is 4.39 Å². The maximum Gasteiger partial charge on any atom is 0.310 e. The number of carboxylic acid groups (broad SMARTS) is 1. The molecule has 2 nitrogen and oxygen atoms in total. The number of halogens is 2. The van der Waals surface area contributed by atoms with Crippen molar-refractivity contribution >= 4 is 21.9 Å². The average molecular weight is 247 g/mol. The van der Waals surface area contributed by atoms with Crippen LogP contribution in [0.5, 0.6) is 0 Å². The maximum absolute atomic E-state index is 13.3. The van der Waals surface area contributed by atoms with Gasteiger partial charge in [0, 0.05) is 5.56 Å². The van der Waals surface area contributed by atoms with Crippen LogP contribution in [-0.4, -0.2) is 11.1 Å². The van der Waals surface area contributed by atoms with Crippen molar-refractivity contribution in [2.24, 2.45) is 0 Å². The molecule has 0 radical (unpaired) electrons. The first kappa shape index (κ1) is 10.2. The molecule has 0 aliphatic carbocycles. The fraction of sp³-hybridized carbons (Fsp3) is 0.222. The van der Waals surface area contributed by atoms with Gasteiger partial charge in [-0.05, 0) is 28.9 Å². The molecule has 4 heteroatoms. The zero-order valence-corrected chi connectivity index (χ0v) is 8.51. The van der Waals surface area contributed by atoms with Crippen LogP contribution in [0.25, 0.3) is 0 Å². The van der Waals surface area contributed by atoms with E-state index >= 15 is 0 Å². The van der Waals surface area contributed by atoms with Crippen molar-refractivity contribution < 1.29 is 14.3 Å². The molecule has 70 valence electrons. The van der Waals surface area contributed by atoms with Gasteiger partial charge in [0.2, 0.25) is 0 Å². The van der Waals surface area contributed by atoms with Crippen molar-refractivity contribution in [2.75, 3.05) is 0 Å². The predicted octanol–water partition coefficient (Wildman–Crippen LogP) is 2.78. The van der Waals surface area contributed by atoms with Gasteiger partial charge in [0.25, 0.3) is 0 Å². The fourth-order valence-electron chi connectivity index (χ4n) is 0.988. The predicted molar refractivity (Wildman–Crippen MR) is 50.2 cm³/mol. The lowest BCUT2D eigenvalue weighted by Gasteiger charge is -2.08. The van der Waals surface area contributed by atoms with Crippen LogP contribution >= 0.6 is 15.9 Å². The molecule has 0 aliphatic rings. The van der Waals surface area contributed by atoms with Gasteiger partial charge in [-0.1, -0.05) is 12.1 Å². The summed E-state index contributed by atoms with van der Waals surface area (Å²) in [5.74, 6) is -2.35. The van der Waals surface area contributed by atoms with Gasteiger partial charge in [-0.3, -0.25) is 4.79 Å². The van der Waals surface area contributed by atoms with Gasteiger partial charge >= 0.3 is 5.97 Å². The highest BCUT2D eigenvalue weighted by Gasteiger charge is 2.18. The highest BCUT2D eigenvalue weighted by Crippen LogP contribution is 2.24. The molecule has 1 rings (SSSR count). The summed E-state index contributed by atoms with van der Waals surface area (Å²) in [6, 6.07) is 4.62. The molecule has 1 aromatic rings. The monoisotopic (exact) mass is 246 g/mol. The van der Waals surface area contributed by atoms with Crippen molar-refractivity contribution in [3.05, 3.63) is 34.1 Å². The molecule has 0 saturated carbocycles. The van der Waals surface area contributed by atoms with Crippen LogP contribution in [-0.2, 0) is 4.79 Å². The van der Waals surface area contributed by atoms with Gasteiger partial charge in [0.1, 0.15) is 5.82 Å². The summed E-state index contributed by atoms with van der Waals surface area (Å²) in [6.45, 7) is 1.45. The quantitative estimate of drug-likeness (QED) is 0.872. The number of aliphatic carboxylic acids is 1. The van der Waals surface area contributed by atoms with Crippen LogP contribution < -0.4 is 0 Å². The second-order valence-corrected chi connectivity index (χ2v) is 3.56. The van der Waals surface area contributed by atoms with Crippen molar-refractivity contribution in [3.8, 4) is 0 Å². The van der Waals surface area contributed by atoms with Crippen LogP contribution in [0.4, 0.5) is 4.39 Å². The molecule has 1 unspecified atom stereocenters. The van der Waals surface area contributed by atoms with Crippen LogP contribution in [0.1, 0.15) is 18.4 Å². The Kier molecular flexibility index (Phi) is 3.03. The molecule has 0 aliphatic heterocycles. The third-order valence-corrected chi connectivity index (χ3v) is 2.43. The Bertz CT molecular complexity index is 338. The highest BCUT2D eigenvalue weighted by molar-refractivity contribution is 9.10. The molecule has 0 fully saturated rings. The molecule has 0 bridgehead atoms. The fourth-order valence-corrected chi connectivity index (χ4v) is 1.37. The number of rotatable bonds is 2. The lowest BCUT2D eigenvalue weighted by Crippen LogP contribution is -2.09. The number of benzene rings is 1. The van der Waals surface area contributed by atoms with E-state index < -0.39 is 17.7 Å². The molecular formula is C9H8BrFO2. The van der Waals surface area contributed by atoms with Crippen LogP contribution in [0.2, 0.25) is 0 Å². The molecule has 1 atom stereocenters. The summed E-state index contributed by atoms with van der Waals surface area (Å²) in [4.78, 5) is 10.6. The third kappa shape index (κ3) is 2.06. The highest BCUT2D eigenvalue weighted by atomic mass is 79.9. The molecule has 1 aromatic carbocycles. The Morgan fingerprint density at radius 3 is 2.77 bits per heavy atom. The number of hydrogen-bond acceptors (Lipinski definition) is 1. The summed E-state index contributed by atoms with van der Waals surface area (Å²) >= 11 is 3.00. The van der Waals surface area contributed by atoms with E-state index in [4.69, 9.17) is 5.11 Å². The first-order valence-electron chi connectivity index (χ1n) is 3.70. The number of carboxylic acids is 1. The van der Waals surface area contributed by atoms with Gasteiger partial charge < -0.3 is 5.11 Å². The van der Waals surface area contributed by atoms with Gasteiger partial charge in [-0.2, -0.15) is 0 Å². The summed E-state index contributed by atoms with van der Waals surface area (Å²) in [6.07, 6.45) is 0.